The van der Waals surface area contributed by atoms with Crippen LogP contribution in [0.1, 0.15) is 23.6 Å². The van der Waals surface area contributed by atoms with Gasteiger partial charge in [-0.2, -0.15) is 8.42 Å². The van der Waals surface area contributed by atoms with Gasteiger partial charge < -0.3 is 8.92 Å². The summed E-state index contributed by atoms with van der Waals surface area (Å²) in [6.07, 6.45) is 1.63. The fraction of sp³-hybridized carbons (Fsp3) is 0.125. The van der Waals surface area contributed by atoms with Crippen LogP contribution in [-0.4, -0.2) is 26.1 Å². The van der Waals surface area contributed by atoms with Gasteiger partial charge in [0.25, 0.3) is 5.91 Å². The number of halogens is 3. The molecule has 226 valence electrons. The topological polar surface area (TPSA) is 85.3 Å². The van der Waals surface area contributed by atoms with E-state index in [1.165, 1.54) is 23.1 Å². The SMILES string of the molecule is CCOc1cc(/C=C2/SC(=Nc3ccc(C)c(Cl)c3)N(c3ccc(C)c(Cl)c3)C2=O)cc(Cl)c1OS(=O)(=O)c1ccccc1. The normalized spacial score (nSPS) is 15.3. The maximum absolute atomic E-state index is 13.9. The number of hydrogen-bond donors (Lipinski definition) is 0. The lowest BCUT2D eigenvalue weighted by atomic mass is 10.1. The summed E-state index contributed by atoms with van der Waals surface area (Å²) >= 11 is 20.5. The number of rotatable bonds is 8. The summed E-state index contributed by atoms with van der Waals surface area (Å²) in [5, 5.41) is 1.44. The summed E-state index contributed by atoms with van der Waals surface area (Å²) in [6.45, 7) is 5.72. The monoisotopic (exact) mass is 686 g/mol. The van der Waals surface area contributed by atoms with Crippen molar-refractivity contribution in [2.24, 2.45) is 4.99 Å². The number of hydrogen-bond acceptors (Lipinski definition) is 7. The first-order chi connectivity index (χ1) is 21.0. The molecule has 0 N–H and O–H groups in total. The summed E-state index contributed by atoms with van der Waals surface area (Å²) in [4.78, 5) is 20.4. The number of aliphatic imine (C=N–C) groups is 1. The van der Waals surface area contributed by atoms with Crippen LogP contribution < -0.4 is 13.8 Å². The molecular formula is C32H25Cl3N2O5S2. The van der Waals surface area contributed by atoms with E-state index in [1.54, 1.807) is 55.5 Å². The van der Waals surface area contributed by atoms with Gasteiger partial charge in [-0.1, -0.05) is 65.1 Å². The van der Waals surface area contributed by atoms with E-state index in [0.29, 0.717) is 37.1 Å². The minimum absolute atomic E-state index is 0.0110. The number of carbonyl (C=O) groups is 1. The highest BCUT2D eigenvalue weighted by Crippen LogP contribution is 2.42. The molecule has 1 heterocycles. The fourth-order valence-electron chi connectivity index (χ4n) is 4.17. The summed E-state index contributed by atoms with van der Waals surface area (Å²) in [5.41, 5.74) is 3.37. The number of amides is 1. The van der Waals surface area contributed by atoms with Gasteiger partial charge >= 0.3 is 10.1 Å². The molecule has 1 fully saturated rings. The van der Waals surface area contributed by atoms with Crippen LogP contribution >= 0.6 is 46.6 Å². The van der Waals surface area contributed by atoms with Gasteiger partial charge in [-0.05, 0) is 104 Å². The third kappa shape index (κ3) is 6.92. The van der Waals surface area contributed by atoms with Gasteiger partial charge in [0.1, 0.15) is 4.90 Å². The molecule has 1 aliphatic heterocycles. The zero-order valence-corrected chi connectivity index (χ0v) is 27.6. The summed E-state index contributed by atoms with van der Waals surface area (Å²) < 4.78 is 37.0. The molecule has 1 amide bonds. The molecule has 12 heteroatoms. The quantitative estimate of drug-likeness (QED) is 0.136. The first kappa shape index (κ1) is 31.9. The molecule has 1 aliphatic rings. The molecule has 44 heavy (non-hydrogen) atoms. The van der Waals surface area contributed by atoms with Crippen molar-refractivity contribution in [2.45, 2.75) is 25.7 Å². The van der Waals surface area contributed by atoms with Crippen LogP contribution in [-0.2, 0) is 14.9 Å². The fourth-order valence-corrected chi connectivity index (χ4v) is 6.80. The minimum atomic E-state index is -4.19. The predicted octanol–water partition coefficient (Wildman–Crippen LogP) is 9.24. The van der Waals surface area contributed by atoms with Crippen molar-refractivity contribution in [3.63, 3.8) is 0 Å². The highest BCUT2D eigenvalue weighted by Gasteiger charge is 2.35. The maximum atomic E-state index is 13.9. The van der Waals surface area contributed by atoms with E-state index in [4.69, 9.17) is 48.7 Å². The van der Waals surface area contributed by atoms with E-state index in [-0.39, 0.29) is 33.9 Å². The van der Waals surface area contributed by atoms with Gasteiger partial charge in [-0.15, -0.1) is 0 Å². The number of ether oxygens (including phenoxy) is 1. The van der Waals surface area contributed by atoms with Crippen LogP contribution in [0.25, 0.3) is 6.08 Å². The lowest BCUT2D eigenvalue weighted by molar-refractivity contribution is -0.113. The number of thioether (sulfide) groups is 1. The van der Waals surface area contributed by atoms with Crippen LogP contribution in [0.4, 0.5) is 11.4 Å². The second-order valence-corrected chi connectivity index (χ2v) is 13.4. The second kappa shape index (κ2) is 13.3. The molecule has 7 nitrogen and oxygen atoms in total. The third-order valence-electron chi connectivity index (χ3n) is 6.45. The smallest absolute Gasteiger partial charge is 0.339 e. The van der Waals surface area contributed by atoms with Crippen molar-refractivity contribution in [3.8, 4) is 11.5 Å². The van der Waals surface area contributed by atoms with Crippen molar-refractivity contribution in [1.29, 1.82) is 0 Å². The molecule has 0 aliphatic carbocycles. The standard InChI is InChI=1S/C32H25Cl3N2O5S2/c1-4-41-28-15-21(14-27(35)30(28)42-44(39,40)24-8-6-5-7-9-24)16-29-31(38)37(23-13-11-20(3)26(34)18-23)32(43-29)36-22-12-10-19(2)25(33)17-22/h5-18H,4H2,1-3H3/b29-16+,36-32?. The molecule has 1 saturated heterocycles. The molecule has 4 aromatic rings. The van der Waals surface area contributed by atoms with Crippen LogP contribution in [0.15, 0.2) is 93.7 Å². The lowest BCUT2D eigenvalue weighted by Gasteiger charge is -2.17. The summed E-state index contributed by atoms with van der Waals surface area (Å²) in [6, 6.07) is 21.5. The van der Waals surface area contributed by atoms with E-state index in [2.05, 4.69) is 0 Å². The Kier molecular flexibility index (Phi) is 9.62. The van der Waals surface area contributed by atoms with Gasteiger partial charge in [-0.3, -0.25) is 9.69 Å². The molecule has 0 unspecified atom stereocenters. The van der Waals surface area contributed by atoms with Crippen LogP contribution in [0.2, 0.25) is 15.1 Å². The Bertz CT molecular complexity index is 1930. The first-order valence-electron chi connectivity index (χ1n) is 13.3. The van der Waals surface area contributed by atoms with Crippen molar-refractivity contribution in [2.75, 3.05) is 11.5 Å². The highest BCUT2D eigenvalue weighted by molar-refractivity contribution is 8.19. The predicted molar refractivity (Wildman–Crippen MR) is 179 cm³/mol. The zero-order valence-electron chi connectivity index (χ0n) is 23.7. The van der Waals surface area contributed by atoms with E-state index < -0.39 is 10.1 Å². The van der Waals surface area contributed by atoms with Gasteiger partial charge in [0.2, 0.25) is 5.75 Å². The molecule has 0 spiro atoms. The minimum Gasteiger partial charge on any atom is -0.490 e. The molecule has 0 bridgehead atoms. The number of aryl methyl sites for hydroxylation is 2. The van der Waals surface area contributed by atoms with Crippen LogP contribution in [0, 0.1) is 13.8 Å². The molecule has 0 saturated carbocycles. The van der Waals surface area contributed by atoms with Gasteiger partial charge in [0.05, 0.1) is 27.9 Å². The van der Waals surface area contributed by atoms with Gasteiger partial charge in [0.15, 0.2) is 10.9 Å². The van der Waals surface area contributed by atoms with Gasteiger partial charge in [-0.25, -0.2) is 4.99 Å². The Morgan fingerprint density at radius 1 is 0.886 bits per heavy atom. The van der Waals surface area contributed by atoms with Crippen molar-refractivity contribution in [1.82, 2.24) is 0 Å². The van der Waals surface area contributed by atoms with Crippen molar-refractivity contribution < 1.29 is 22.1 Å². The Labute approximate surface area is 275 Å². The van der Waals surface area contributed by atoms with Crippen LogP contribution in [0.3, 0.4) is 0 Å². The third-order valence-corrected chi connectivity index (χ3v) is 9.75. The van der Waals surface area contributed by atoms with E-state index >= 15 is 0 Å². The molecular weight excluding hydrogens is 663 g/mol. The summed E-state index contributed by atoms with van der Waals surface area (Å²) in [5.74, 6) is -0.389. The Balaban J connectivity index is 1.56. The van der Waals surface area contributed by atoms with Crippen molar-refractivity contribution in [3.05, 3.63) is 116 Å². The molecule has 4 aromatic carbocycles. The lowest BCUT2D eigenvalue weighted by Crippen LogP contribution is -2.28. The van der Waals surface area contributed by atoms with E-state index in [1.807, 2.05) is 32.0 Å². The Morgan fingerprint density at radius 2 is 1.57 bits per heavy atom. The largest absolute Gasteiger partial charge is 0.490 e. The molecule has 0 aromatic heterocycles. The van der Waals surface area contributed by atoms with E-state index in [0.717, 1.165) is 22.9 Å². The Hall–Kier alpha value is -3.47. The average Bonchev–Trinajstić information content (AvgIpc) is 3.28. The zero-order chi connectivity index (χ0) is 31.6. The number of carbonyl (C=O) groups excluding carboxylic acids is 1. The number of anilines is 1. The van der Waals surface area contributed by atoms with E-state index in [9.17, 15) is 13.2 Å². The second-order valence-electron chi connectivity index (χ2n) is 9.63. The highest BCUT2D eigenvalue weighted by atomic mass is 35.5. The molecule has 5 rings (SSSR count). The summed E-state index contributed by atoms with van der Waals surface area (Å²) in [7, 11) is -4.19. The van der Waals surface area contributed by atoms with Gasteiger partial charge in [0, 0.05) is 10.0 Å². The number of nitrogens with zero attached hydrogens (tertiary/aromatic N) is 2. The number of amidine groups is 1. The number of benzene rings is 4. The average molecular weight is 688 g/mol. The maximum Gasteiger partial charge on any atom is 0.339 e. The van der Waals surface area contributed by atoms with Crippen LogP contribution in [0.5, 0.6) is 11.5 Å². The molecule has 0 radical (unpaired) electrons. The molecule has 0 atom stereocenters. The first-order valence-corrected chi connectivity index (χ1v) is 16.6. The van der Waals surface area contributed by atoms with Crippen molar-refractivity contribution >= 4 is 85.2 Å². The Morgan fingerprint density at radius 3 is 2.23 bits per heavy atom.